The van der Waals surface area contributed by atoms with Crippen molar-refractivity contribution in [2.45, 2.75) is 74.5 Å². The second-order valence-corrected chi connectivity index (χ2v) is 15.1. The Kier molecular flexibility index (Phi) is 11.5. The van der Waals surface area contributed by atoms with Crippen LogP contribution in [0.5, 0.6) is 11.5 Å². The first-order valence-corrected chi connectivity index (χ1v) is 19.1. The summed E-state index contributed by atoms with van der Waals surface area (Å²) in [5.41, 5.74) is 16.2. The van der Waals surface area contributed by atoms with Crippen LogP contribution in [-0.2, 0) is 19.8 Å². The number of imide groups is 1. The molecule has 0 spiro atoms. The number of aromatic nitrogens is 2. The third kappa shape index (κ3) is 8.54. The number of likely N-dealkylation sites (tertiary alicyclic amines) is 1. The Morgan fingerprint density at radius 3 is 2.53 bits per heavy atom. The van der Waals surface area contributed by atoms with Gasteiger partial charge in [-0.15, -0.1) is 0 Å². The molecule has 7 N–H and O–H groups in total. The highest BCUT2D eigenvalue weighted by Gasteiger charge is 2.46. The minimum Gasteiger partial charge on any atom is -0.507 e. The molecule has 4 heterocycles. The van der Waals surface area contributed by atoms with Crippen LogP contribution in [0.2, 0.25) is 0 Å². The van der Waals surface area contributed by atoms with E-state index in [9.17, 15) is 23.9 Å². The standard InChI is InChI=1S/C42H48FN7O5/c43-30-8-11-35(51)33(22-30)39-32(14-18-47-49-39)34-24-42(37(44)25-46-34,29-4-2-1-3-5-29)23-28(40(45)53)17-21-50-19-15-27(16-20-50)26-6-9-31(10-7-26)55-36-12-13-38(52)48-41(36)54/h1-11,14,18,22,27-28,34,36-37,46,51H,12-13,15-17,19-21,23-25,44H2,(H2,45,53)(H,48,52,54). The Hall–Kier alpha value is -5.24. The fourth-order valence-electron chi connectivity index (χ4n) is 8.64. The van der Waals surface area contributed by atoms with Crippen LogP contribution < -0.4 is 26.8 Å². The number of phenols is 1. The van der Waals surface area contributed by atoms with E-state index < -0.39 is 29.2 Å². The Morgan fingerprint density at radius 1 is 1.04 bits per heavy atom. The van der Waals surface area contributed by atoms with E-state index in [1.54, 1.807) is 6.20 Å². The van der Waals surface area contributed by atoms with Crippen molar-refractivity contribution in [3.63, 3.8) is 0 Å². The number of ether oxygens (including phenoxy) is 1. The van der Waals surface area contributed by atoms with E-state index in [1.165, 1.54) is 23.8 Å². The summed E-state index contributed by atoms with van der Waals surface area (Å²) in [6.07, 6.45) is 5.03. The molecule has 5 unspecified atom stereocenters. The molecule has 3 aliphatic rings. The van der Waals surface area contributed by atoms with Crippen LogP contribution in [0.4, 0.5) is 4.39 Å². The monoisotopic (exact) mass is 749 g/mol. The van der Waals surface area contributed by atoms with E-state index in [2.05, 4.69) is 50.0 Å². The zero-order valence-corrected chi connectivity index (χ0v) is 30.7. The van der Waals surface area contributed by atoms with Gasteiger partial charge in [-0.05, 0) is 111 Å². The van der Waals surface area contributed by atoms with Crippen molar-refractivity contribution in [2.75, 3.05) is 26.2 Å². The molecule has 12 nitrogen and oxygen atoms in total. The van der Waals surface area contributed by atoms with E-state index in [1.807, 2.05) is 36.4 Å². The third-order valence-electron chi connectivity index (χ3n) is 11.8. The largest absolute Gasteiger partial charge is 0.507 e. The van der Waals surface area contributed by atoms with Gasteiger partial charge >= 0.3 is 0 Å². The predicted octanol–water partition coefficient (Wildman–Crippen LogP) is 4.23. The first-order chi connectivity index (χ1) is 26.6. The number of rotatable bonds is 12. The highest BCUT2D eigenvalue weighted by Crippen LogP contribution is 2.46. The molecule has 13 heteroatoms. The van der Waals surface area contributed by atoms with Gasteiger partial charge in [-0.3, -0.25) is 19.7 Å². The van der Waals surface area contributed by atoms with Crippen LogP contribution >= 0.6 is 0 Å². The quantitative estimate of drug-likeness (QED) is 0.131. The number of halogens is 1. The van der Waals surface area contributed by atoms with Crippen molar-refractivity contribution in [3.8, 4) is 22.8 Å². The lowest BCUT2D eigenvalue weighted by molar-refractivity contribution is -0.138. The van der Waals surface area contributed by atoms with Crippen LogP contribution in [0.15, 0.2) is 85.1 Å². The van der Waals surface area contributed by atoms with Crippen molar-refractivity contribution in [1.82, 2.24) is 25.7 Å². The average Bonchev–Trinajstić information content (AvgIpc) is 3.20. The lowest BCUT2D eigenvalue weighted by atomic mass is 9.62. The lowest BCUT2D eigenvalue weighted by Crippen LogP contribution is -2.58. The first-order valence-electron chi connectivity index (χ1n) is 19.1. The maximum absolute atomic E-state index is 14.4. The molecule has 0 saturated carbocycles. The number of amides is 3. The molecule has 3 fully saturated rings. The Labute approximate surface area is 319 Å². The molecule has 55 heavy (non-hydrogen) atoms. The van der Waals surface area contributed by atoms with Gasteiger partial charge in [0.05, 0.1) is 0 Å². The van der Waals surface area contributed by atoms with E-state index >= 15 is 0 Å². The molecule has 1 aromatic heterocycles. The fraction of sp³-hybridized carbons (Fsp3) is 0.405. The molecule has 3 saturated heterocycles. The summed E-state index contributed by atoms with van der Waals surface area (Å²) in [5, 5.41) is 24.9. The van der Waals surface area contributed by atoms with E-state index in [0.717, 1.165) is 43.6 Å². The van der Waals surface area contributed by atoms with Crippen LogP contribution in [0.3, 0.4) is 0 Å². The van der Waals surface area contributed by atoms with Crippen LogP contribution in [0.25, 0.3) is 11.3 Å². The number of phenolic OH excluding ortho intramolecular Hbond substituents is 1. The third-order valence-corrected chi connectivity index (χ3v) is 11.8. The normalized spacial score (nSPS) is 24.2. The predicted molar refractivity (Wildman–Crippen MR) is 204 cm³/mol. The molecule has 7 rings (SSSR count). The zero-order chi connectivity index (χ0) is 38.5. The topological polar surface area (TPSA) is 186 Å². The first kappa shape index (κ1) is 38.1. The molecule has 4 aromatic rings. The number of benzene rings is 3. The number of carbonyl (C=O) groups excluding carboxylic acids is 3. The number of primary amides is 1. The number of nitrogens with zero attached hydrogens (tertiary/aromatic N) is 3. The van der Waals surface area contributed by atoms with Crippen molar-refractivity contribution in [2.24, 2.45) is 17.4 Å². The lowest BCUT2D eigenvalue weighted by Gasteiger charge is -2.48. The molecule has 0 aliphatic carbocycles. The molecular formula is C42H48FN7O5. The maximum atomic E-state index is 14.4. The SMILES string of the molecule is NC(=O)C(CCN1CCC(c2ccc(OC3CCC(=O)NC3=O)cc2)CC1)CC1(c2ccccc2)CC(c2ccnnc2-c2cc(F)ccc2O)NCC1N. The van der Waals surface area contributed by atoms with E-state index in [4.69, 9.17) is 16.2 Å². The number of hydrogen-bond acceptors (Lipinski definition) is 10. The second-order valence-electron chi connectivity index (χ2n) is 15.1. The highest BCUT2D eigenvalue weighted by atomic mass is 19.1. The number of piperidine rings is 3. The molecule has 3 aromatic carbocycles. The molecule has 0 bridgehead atoms. The van der Waals surface area contributed by atoms with Gasteiger partial charge in [0.1, 0.15) is 23.0 Å². The molecular weight excluding hydrogens is 702 g/mol. The van der Waals surface area contributed by atoms with Crippen molar-refractivity contribution < 1.29 is 28.6 Å². The van der Waals surface area contributed by atoms with Gasteiger partial charge in [-0.1, -0.05) is 42.5 Å². The van der Waals surface area contributed by atoms with Gasteiger partial charge in [-0.2, -0.15) is 10.2 Å². The van der Waals surface area contributed by atoms with Gasteiger partial charge < -0.3 is 31.5 Å². The smallest absolute Gasteiger partial charge is 0.267 e. The number of nitrogens with one attached hydrogen (secondary N) is 2. The Balaban J connectivity index is 1.02. The van der Waals surface area contributed by atoms with Gasteiger partial charge in [0, 0.05) is 54.6 Å². The second kappa shape index (κ2) is 16.6. The molecule has 5 atom stereocenters. The number of aromatic hydroxyl groups is 1. The van der Waals surface area contributed by atoms with Crippen LogP contribution in [0, 0.1) is 11.7 Å². The Bertz CT molecular complexity index is 1990. The summed E-state index contributed by atoms with van der Waals surface area (Å²) in [7, 11) is 0. The van der Waals surface area contributed by atoms with Crippen LogP contribution in [-0.4, -0.2) is 76.3 Å². The number of carbonyl (C=O) groups is 3. The summed E-state index contributed by atoms with van der Waals surface area (Å²) >= 11 is 0. The molecule has 0 radical (unpaired) electrons. The van der Waals surface area contributed by atoms with Gasteiger partial charge in [0.15, 0.2) is 6.10 Å². The zero-order valence-electron chi connectivity index (χ0n) is 30.7. The maximum Gasteiger partial charge on any atom is 0.267 e. The minimum absolute atomic E-state index is 0.0997. The van der Waals surface area contributed by atoms with Gasteiger partial charge in [0.25, 0.3) is 5.91 Å². The number of nitrogens with two attached hydrogens (primary N) is 2. The fourth-order valence-corrected chi connectivity index (χ4v) is 8.64. The highest BCUT2D eigenvalue weighted by molar-refractivity contribution is 5.99. The summed E-state index contributed by atoms with van der Waals surface area (Å²) in [6.45, 7) is 2.92. The van der Waals surface area contributed by atoms with Gasteiger partial charge in [0.2, 0.25) is 11.8 Å². The summed E-state index contributed by atoms with van der Waals surface area (Å²) < 4.78 is 20.2. The summed E-state index contributed by atoms with van der Waals surface area (Å²) in [5.74, 6) is -1.09. The molecule has 288 valence electrons. The average molecular weight is 750 g/mol. The summed E-state index contributed by atoms with van der Waals surface area (Å²) in [4.78, 5) is 39.2. The summed E-state index contributed by atoms with van der Waals surface area (Å²) in [6, 6.07) is 22.9. The van der Waals surface area contributed by atoms with Crippen LogP contribution in [0.1, 0.15) is 73.6 Å². The minimum atomic E-state index is -0.667. The van der Waals surface area contributed by atoms with E-state index in [-0.39, 0.29) is 41.6 Å². The van der Waals surface area contributed by atoms with Crippen molar-refractivity contribution >= 4 is 17.7 Å². The van der Waals surface area contributed by atoms with Crippen molar-refractivity contribution in [1.29, 1.82) is 0 Å². The number of hydrogen-bond donors (Lipinski definition) is 5. The van der Waals surface area contributed by atoms with E-state index in [0.29, 0.717) is 49.6 Å². The van der Waals surface area contributed by atoms with Gasteiger partial charge in [-0.25, -0.2) is 4.39 Å². The van der Waals surface area contributed by atoms with Crippen molar-refractivity contribution in [3.05, 3.63) is 108 Å². The Morgan fingerprint density at radius 2 is 1.80 bits per heavy atom. The molecule has 3 amide bonds. The molecule has 3 aliphatic heterocycles.